The molecule has 0 radical (unpaired) electrons. The van der Waals surface area contributed by atoms with E-state index in [4.69, 9.17) is 9.47 Å². The summed E-state index contributed by atoms with van der Waals surface area (Å²) in [7, 11) is 0. The number of nitrogens with zero attached hydrogens (tertiary/aromatic N) is 1. The number of esters is 1. The maximum atomic E-state index is 12.5. The van der Waals surface area contributed by atoms with Crippen LogP contribution in [0.15, 0.2) is 30.3 Å². The second kappa shape index (κ2) is 8.42. The molecule has 3 rings (SSSR count). The summed E-state index contributed by atoms with van der Waals surface area (Å²) in [5, 5.41) is 0. The Bertz CT molecular complexity index is 833. The Morgan fingerprint density at radius 2 is 1.93 bits per heavy atom. The smallest absolute Gasteiger partial charge is 0.306 e. The summed E-state index contributed by atoms with van der Waals surface area (Å²) in [5.74, 6) is 0.278. The Labute approximate surface area is 160 Å². The lowest BCUT2D eigenvalue weighted by Gasteiger charge is -2.10. The van der Waals surface area contributed by atoms with Gasteiger partial charge in [0.15, 0.2) is 6.61 Å². The lowest BCUT2D eigenvalue weighted by Crippen LogP contribution is -2.15. The van der Waals surface area contributed by atoms with E-state index < -0.39 is 0 Å². The largest absolute Gasteiger partial charge is 0.494 e. The molecular weight excluding hydrogens is 342 g/mol. The number of ether oxygens (including phenoxy) is 2. The first-order valence-corrected chi connectivity index (χ1v) is 9.59. The number of hydrogen-bond acceptors (Lipinski definition) is 4. The number of para-hydroxylation sites is 1. The molecule has 0 atom stereocenters. The van der Waals surface area contributed by atoms with Crippen molar-refractivity contribution in [2.45, 2.75) is 52.5 Å². The molecule has 144 valence electrons. The van der Waals surface area contributed by atoms with Crippen LogP contribution in [0.4, 0.5) is 0 Å². The Morgan fingerprint density at radius 3 is 2.63 bits per heavy atom. The predicted molar refractivity (Wildman–Crippen MR) is 103 cm³/mol. The maximum absolute atomic E-state index is 12.5. The second-order valence-corrected chi connectivity index (χ2v) is 7.01. The van der Waals surface area contributed by atoms with E-state index >= 15 is 0 Å². The third-order valence-corrected chi connectivity index (χ3v) is 4.93. The number of benzene rings is 1. The molecule has 2 aromatic rings. The van der Waals surface area contributed by atoms with E-state index in [1.165, 1.54) is 12.8 Å². The van der Waals surface area contributed by atoms with Crippen molar-refractivity contribution in [2.24, 2.45) is 0 Å². The average Bonchev–Trinajstić information content (AvgIpc) is 3.44. The Morgan fingerprint density at radius 1 is 1.19 bits per heavy atom. The SMILES string of the molecule is CCOc1ccccc1CCC(=O)OCC(=O)c1cc(C)n(C2CC2)c1C. The zero-order valence-electron chi connectivity index (χ0n) is 16.3. The molecule has 5 nitrogen and oxygen atoms in total. The van der Waals surface area contributed by atoms with Crippen molar-refractivity contribution < 1.29 is 19.1 Å². The molecule has 1 aromatic carbocycles. The summed E-state index contributed by atoms with van der Waals surface area (Å²) in [6.45, 7) is 6.28. The summed E-state index contributed by atoms with van der Waals surface area (Å²) in [4.78, 5) is 24.6. The zero-order chi connectivity index (χ0) is 19.4. The molecule has 0 amide bonds. The van der Waals surface area contributed by atoms with E-state index in [1.807, 2.05) is 51.1 Å². The number of aryl methyl sites for hydroxylation is 2. The molecule has 1 fully saturated rings. The van der Waals surface area contributed by atoms with Gasteiger partial charge < -0.3 is 14.0 Å². The molecular formula is C22H27NO4. The molecule has 0 bridgehead atoms. The van der Waals surface area contributed by atoms with Crippen molar-refractivity contribution >= 4 is 11.8 Å². The summed E-state index contributed by atoms with van der Waals surface area (Å²) < 4.78 is 13.0. The molecule has 0 N–H and O–H groups in total. The minimum atomic E-state index is -0.370. The Balaban J connectivity index is 1.52. The molecule has 1 aliphatic carbocycles. The fraction of sp³-hybridized carbons (Fsp3) is 0.455. The first kappa shape index (κ1) is 19.2. The fourth-order valence-corrected chi connectivity index (χ4v) is 3.49. The highest BCUT2D eigenvalue weighted by molar-refractivity contribution is 5.99. The van der Waals surface area contributed by atoms with Gasteiger partial charge in [-0.05, 0) is 57.7 Å². The van der Waals surface area contributed by atoms with E-state index in [2.05, 4.69) is 4.57 Å². The standard InChI is InChI=1S/C22H27NO4/c1-4-26-21-8-6-5-7-17(21)9-12-22(25)27-14-20(24)19-13-15(2)23(16(19)3)18-10-11-18/h5-8,13,18H,4,9-12,14H2,1-3H3. The molecule has 1 heterocycles. The number of aromatic nitrogens is 1. The van der Waals surface area contributed by atoms with Crippen LogP contribution < -0.4 is 4.74 Å². The first-order chi connectivity index (χ1) is 13.0. The number of Topliss-reactive ketones (excluding diaryl/α,β-unsaturated/α-hetero) is 1. The van der Waals surface area contributed by atoms with E-state index in [1.54, 1.807) is 0 Å². The van der Waals surface area contributed by atoms with Gasteiger partial charge in [0.2, 0.25) is 5.78 Å². The van der Waals surface area contributed by atoms with Crippen LogP contribution in [0.3, 0.4) is 0 Å². The molecule has 1 aromatic heterocycles. The van der Waals surface area contributed by atoms with E-state index in [-0.39, 0.29) is 24.8 Å². The van der Waals surface area contributed by atoms with Gasteiger partial charge in [0.05, 0.1) is 6.61 Å². The summed E-state index contributed by atoms with van der Waals surface area (Å²) in [5.41, 5.74) is 3.70. The molecule has 0 aliphatic heterocycles. The van der Waals surface area contributed by atoms with Crippen LogP contribution in [0.25, 0.3) is 0 Å². The van der Waals surface area contributed by atoms with E-state index in [9.17, 15) is 9.59 Å². The number of hydrogen-bond donors (Lipinski definition) is 0. The van der Waals surface area contributed by atoms with Gasteiger partial charge in [-0.1, -0.05) is 18.2 Å². The van der Waals surface area contributed by atoms with Gasteiger partial charge in [0, 0.05) is 29.4 Å². The van der Waals surface area contributed by atoms with Crippen LogP contribution >= 0.6 is 0 Å². The normalized spacial score (nSPS) is 13.4. The molecule has 1 saturated carbocycles. The number of ketones is 1. The first-order valence-electron chi connectivity index (χ1n) is 9.59. The maximum Gasteiger partial charge on any atom is 0.306 e. The van der Waals surface area contributed by atoms with Crippen molar-refractivity contribution in [1.82, 2.24) is 4.57 Å². The quantitative estimate of drug-likeness (QED) is 0.491. The van der Waals surface area contributed by atoms with Crippen molar-refractivity contribution in [3.05, 3.63) is 52.8 Å². The second-order valence-electron chi connectivity index (χ2n) is 7.01. The molecule has 0 saturated heterocycles. The van der Waals surface area contributed by atoms with E-state index in [0.717, 1.165) is 22.7 Å². The Hall–Kier alpha value is -2.56. The van der Waals surface area contributed by atoms with Gasteiger partial charge in [-0.3, -0.25) is 9.59 Å². The molecule has 0 spiro atoms. The highest BCUT2D eigenvalue weighted by Crippen LogP contribution is 2.38. The van der Waals surface area contributed by atoms with Gasteiger partial charge in [-0.15, -0.1) is 0 Å². The highest BCUT2D eigenvalue weighted by atomic mass is 16.5. The molecule has 1 aliphatic rings. The minimum Gasteiger partial charge on any atom is -0.494 e. The van der Waals surface area contributed by atoms with Crippen molar-refractivity contribution in [3.63, 3.8) is 0 Å². The molecule has 0 unspecified atom stereocenters. The number of carbonyl (C=O) groups is 2. The summed E-state index contributed by atoms with van der Waals surface area (Å²) in [6.07, 6.45) is 3.09. The summed E-state index contributed by atoms with van der Waals surface area (Å²) >= 11 is 0. The third-order valence-electron chi connectivity index (χ3n) is 4.93. The van der Waals surface area contributed by atoms with Crippen LogP contribution in [-0.4, -0.2) is 29.5 Å². The number of rotatable bonds is 9. The molecule has 27 heavy (non-hydrogen) atoms. The van der Waals surface area contributed by atoms with Gasteiger partial charge >= 0.3 is 5.97 Å². The fourth-order valence-electron chi connectivity index (χ4n) is 3.49. The van der Waals surface area contributed by atoms with Crippen LogP contribution in [0, 0.1) is 13.8 Å². The lowest BCUT2D eigenvalue weighted by molar-refractivity contribution is -0.142. The van der Waals surface area contributed by atoms with Crippen molar-refractivity contribution in [3.8, 4) is 5.75 Å². The minimum absolute atomic E-state index is 0.141. The van der Waals surface area contributed by atoms with Gasteiger partial charge in [-0.2, -0.15) is 0 Å². The lowest BCUT2D eigenvalue weighted by atomic mass is 10.1. The van der Waals surface area contributed by atoms with E-state index in [0.29, 0.717) is 24.6 Å². The van der Waals surface area contributed by atoms with Crippen LogP contribution in [0.5, 0.6) is 5.75 Å². The summed E-state index contributed by atoms with van der Waals surface area (Å²) in [6, 6.07) is 10.1. The van der Waals surface area contributed by atoms with Crippen LogP contribution in [-0.2, 0) is 16.0 Å². The zero-order valence-corrected chi connectivity index (χ0v) is 16.3. The van der Waals surface area contributed by atoms with Crippen LogP contribution in [0.1, 0.15) is 59.5 Å². The highest BCUT2D eigenvalue weighted by Gasteiger charge is 2.28. The van der Waals surface area contributed by atoms with Gasteiger partial charge in [0.1, 0.15) is 5.75 Å². The van der Waals surface area contributed by atoms with Gasteiger partial charge in [-0.25, -0.2) is 0 Å². The Kier molecular flexibility index (Phi) is 5.99. The monoisotopic (exact) mass is 369 g/mol. The third kappa shape index (κ3) is 4.59. The average molecular weight is 369 g/mol. The van der Waals surface area contributed by atoms with Crippen molar-refractivity contribution in [2.75, 3.05) is 13.2 Å². The predicted octanol–water partition coefficient (Wildman–Crippen LogP) is 4.20. The van der Waals surface area contributed by atoms with Crippen molar-refractivity contribution in [1.29, 1.82) is 0 Å². The molecule has 5 heteroatoms. The van der Waals surface area contributed by atoms with Gasteiger partial charge in [0.25, 0.3) is 0 Å². The number of carbonyl (C=O) groups excluding carboxylic acids is 2. The topological polar surface area (TPSA) is 57.5 Å². The van der Waals surface area contributed by atoms with Crippen LogP contribution in [0.2, 0.25) is 0 Å².